The van der Waals surface area contributed by atoms with E-state index >= 15 is 0 Å². The molecule has 0 amide bonds. The van der Waals surface area contributed by atoms with Crippen LogP contribution in [0.25, 0.3) is 6.08 Å². The molecule has 0 fully saturated rings. The Morgan fingerprint density at radius 3 is 3.15 bits per heavy atom. The van der Waals surface area contributed by atoms with Crippen LogP contribution in [0.1, 0.15) is 24.6 Å². The summed E-state index contributed by atoms with van der Waals surface area (Å²) in [5.41, 5.74) is 1.51. The molecule has 1 aromatic rings. The Bertz CT molecular complexity index is 268. The van der Waals surface area contributed by atoms with Gasteiger partial charge in [-0.15, -0.1) is 11.3 Å². The predicted molar refractivity (Wildman–Crippen MR) is 59.6 cm³/mol. The van der Waals surface area contributed by atoms with E-state index in [4.69, 9.17) is 16.3 Å². The average Bonchev–Trinajstić information content (AvgIpc) is 2.54. The maximum absolute atomic E-state index is 5.57. The highest BCUT2D eigenvalue weighted by molar-refractivity contribution is 7.11. The second kappa shape index (κ2) is 6.06. The minimum atomic E-state index is 0.788. The van der Waals surface area contributed by atoms with Crippen LogP contribution < -0.4 is 4.74 Å². The number of ether oxygens (including phenoxy) is 1. The van der Waals surface area contributed by atoms with Crippen molar-refractivity contribution in [3.63, 3.8) is 0 Å². The van der Waals surface area contributed by atoms with Gasteiger partial charge in [0.05, 0.1) is 11.5 Å². The van der Waals surface area contributed by atoms with E-state index < -0.39 is 0 Å². The van der Waals surface area contributed by atoms with Crippen LogP contribution in [0.5, 0.6) is 5.75 Å². The molecule has 0 aliphatic heterocycles. The second-order valence-electron chi connectivity index (χ2n) is 2.64. The van der Waals surface area contributed by atoms with Crippen LogP contribution in [0, 0.1) is 0 Å². The molecule has 0 bridgehead atoms. The lowest BCUT2D eigenvalue weighted by atomic mass is 10.3. The highest BCUT2D eigenvalue weighted by atomic mass is 35.5. The van der Waals surface area contributed by atoms with Crippen molar-refractivity contribution in [3.8, 4) is 5.75 Å². The summed E-state index contributed by atoms with van der Waals surface area (Å²) in [5.74, 6) is 0.940. The predicted octanol–water partition coefficient (Wildman–Crippen LogP) is 4.14. The smallest absolute Gasteiger partial charge is 0.137 e. The molecule has 1 rings (SSSR count). The van der Waals surface area contributed by atoms with E-state index in [2.05, 4.69) is 6.92 Å². The van der Waals surface area contributed by atoms with Crippen LogP contribution in [-0.4, -0.2) is 6.61 Å². The van der Waals surface area contributed by atoms with Crippen molar-refractivity contribution in [3.05, 3.63) is 21.9 Å². The van der Waals surface area contributed by atoms with Crippen LogP contribution >= 0.6 is 22.9 Å². The summed E-state index contributed by atoms with van der Waals surface area (Å²) in [7, 11) is 0. The summed E-state index contributed by atoms with van der Waals surface area (Å²) in [6, 6.07) is 1.98. The topological polar surface area (TPSA) is 9.23 Å². The zero-order valence-corrected chi connectivity index (χ0v) is 9.20. The van der Waals surface area contributed by atoms with E-state index in [-0.39, 0.29) is 0 Å². The molecule has 0 aromatic carbocycles. The van der Waals surface area contributed by atoms with Gasteiger partial charge < -0.3 is 4.74 Å². The van der Waals surface area contributed by atoms with Gasteiger partial charge in [-0.1, -0.05) is 24.9 Å². The Labute approximate surface area is 88.0 Å². The number of hydrogen-bond acceptors (Lipinski definition) is 2. The Morgan fingerprint density at radius 1 is 1.62 bits per heavy atom. The molecule has 3 heteroatoms. The highest BCUT2D eigenvalue weighted by Gasteiger charge is 2.00. The molecule has 0 saturated carbocycles. The molecule has 0 radical (unpaired) electrons. The third-order valence-electron chi connectivity index (χ3n) is 1.63. The molecule has 0 saturated heterocycles. The van der Waals surface area contributed by atoms with Crippen molar-refractivity contribution in [1.29, 1.82) is 0 Å². The molecule has 1 heterocycles. The molecule has 1 nitrogen and oxygen atoms in total. The number of rotatable bonds is 5. The first-order valence-corrected chi connectivity index (χ1v) is 5.67. The fourth-order valence-electron chi connectivity index (χ4n) is 0.934. The minimum absolute atomic E-state index is 0.788. The van der Waals surface area contributed by atoms with Gasteiger partial charge in [-0.25, -0.2) is 0 Å². The lowest BCUT2D eigenvalue weighted by Gasteiger charge is -2.03. The van der Waals surface area contributed by atoms with Crippen molar-refractivity contribution >= 4 is 29.0 Å². The van der Waals surface area contributed by atoms with Gasteiger partial charge in [0.2, 0.25) is 0 Å². The summed E-state index contributed by atoms with van der Waals surface area (Å²) in [4.78, 5) is 1.09. The molecule has 0 aliphatic rings. The largest absolute Gasteiger partial charge is 0.492 e. The first-order valence-electron chi connectivity index (χ1n) is 4.35. The van der Waals surface area contributed by atoms with Crippen molar-refractivity contribution < 1.29 is 4.74 Å². The maximum Gasteiger partial charge on any atom is 0.137 e. The van der Waals surface area contributed by atoms with Crippen LogP contribution in [0.4, 0.5) is 0 Å². The van der Waals surface area contributed by atoms with E-state index in [0.29, 0.717) is 0 Å². The van der Waals surface area contributed by atoms with Gasteiger partial charge in [-0.05, 0) is 23.9 Å². The molecular formula is C10H13ClOS. The lowest BCUT2D eigenvalue weighted by molar-refractivity contribution is 0.310. The van der Waals surface area contributed by atoms with E-state index in [9.17, 15) is 0 Å². The molecule has 0 atom stereocenters. The van der Waals surface area contributed by atoms with Gasteiger partial charge in [-0.2, -0.15) is 0 Å². The zero-order chi connectivity index (χ0) is 9.52. The summed E-state index contributed by atoms with van der Waals surface area (Å²) in [6.07, 6.45) is 4.11. The van der Waals surface area contributed by atoms with Crippen LogP contribution in [0.15, 0.2) is 17.0 Å². The van der Waals surface area contributed by atoms with E-state index in [0.717, 1.165) is 30.1 Å². The van der Waals surface area contributed by atoms with E-state index in [1.54, 1.807) is 11.3 Å². The van der Waals surface area contributed by atoms with Gasteiger partial charge in [0.25, 0.3) is 0 Å². The SMILES string of the molecule is CCCCOc1ccsc1/C=C/Cl. The van der Waals surface area contributed by atoms with Gasteiger partial charge >= 0.3 is 0 Å². The number of hydrogen-bond donors (Lipinski definition) is 0. The van der Waals surface area contributed by atoms with Crippen LogP contribution in [-0.2, 0) is 0 Å². The van der Waals surface area contributed by atoms with Crippen molar-refractivity contribution in [2.24, 2.45) is 0 Å². The first kappa shape index (κ1) is 10.6. The van der Waals surface area contributed by atoms with E-state index in [1.165, 1.54) is 5.54 Å². The number of thiophene rings is 1. The Hall–Kier alpha value is -0.470. The molecule has 0 unspecified atom stereocenters. The van der Waals surface area contributed by atoms with Gasteiger partial charge in [-0.3, -0.25) is 0 Å². The number of unbranched alkanes of at least 4 members (excludes halogenated alkanes) is 1. The third kappa shape index (κ3) is 3.41. The third-order valence-corrected chi connectivity index (χ3v) is 2.62. The normalized spacial score (nSPS) is 10.9. The Kier molecular flexibility index (Phi) is 4.94. The fraction of sp³-hybridized carbons (Fsp3) is 0.400. The quantitative estimate of drug-likeness (QED) is 0.673. The first-order chi connectivity index (χ1) is 6.38. The molecule has 0 aliphatic carbocycles. The summed E-state index contributed by atoms with van der Waals surface area (Å²) in [6.45, 7) is 2.94. The maximum atomic E-state index is 5.57. The number of halogens is 1. The standard InChI is InChI=1S/C10H13ClOS/c1-2-3-7-12-9-5-8-13-10(9)4-6-11/h4-6,8H,2-3,7H2,1H3/b6-4+. The Morgan fingerprint density at radius 2 is 2.46 bits per heavy atom. The van der Waals surface area contributed by atoms with Gasteiger partial charge in [0, 0.05) is 5.54 Å². The minimum Gasteiger partial charge on any atom is -0.492 e. The van der Waals surface area contributed by atoms with Crippen LogP contribution in [0.2, 0.25) is 0 Å². The van der Waals surface area contributed by atoms with E-state index in [1.807, 2.05) is 17.5 Å². The molecule has 13 heavy (non-hydrogen) atoms. The van der Waals surface area contributed by atoms with Gasteiger partial charge in [0.1, 0.15) is 5.75 Å². The van der Waals surface area contributed by atoms with Crippen LogP contribution in [0.3, 0.4) is 0 Å². The molecule has 72 valence electrons. The summed E-state index contributed by atoms with van der Waals surface area (Å²) >= 11 is 7.13. The monoisotopic (exact) mass is 216 g/mol. The zero-order valence-electron chi connectivity index (χ0n) is 7.63. The Balaban J connectivity index is 2.50. The molecule has 1 aromatic heterocycles. The molecule has 0 N–H and O–H groups in total. The lowest BCUT2D eigenvalue weighted by Crippen LogP contribution is -1.95. The highest BCUT2D eigenvalue weighted by Crippen LogP contribution is 2.26. The second-order valence-corrected chi connectivity index (χ2v) is 3.84. The molecular weight excluding hydrogens is 204 g/mol. The average molecular weight is 217 g/mol. The van der Waals surface area contributed by atoms with Gasteiger partial charge in [0.15, 0.2) is 0 Å². The van der Waals surface area contributed by atoms with Crippen molar-refractivity contribution in [1.82, 2.24) is 0 Å². The fourth-order valence-corrected chi connectivity index (χ4v) is 1.86. The summed E-state index contributed by atoms with van der Waals surface area (Å²) < 4.78 is 5.57. The van der Waals surface area contributed by atoms with Crippen molar-refractivity contribution in [2.45, 2.75) is 19.8 Å². The molecule has 0 spiro atoms. The van der Waals surface area contributed by atoms with Crippen molar-refractivity contribution in [2.75, 3.05) is 6.61 Å². The summed E-state index contributed by atoms with van der Waals surface area (Å²) in [5, 5.41) is 2.01.